The molecule has 1 amide bonds. The van der Waals surface area contributed by atoms with E-state index in [4.69, 9.17) is 0 Å². The summed E-state index contributed by atoms with van der Waals surface area (Å²) in [5.41, 5.74) is 1.86. The van der Waals surface area contributed by atoms with E-state index in [0.717, 1.165) is 28.3 Å². The summed E-state index contributed by atoms with van der Waals surface area (Å²) in [6, 6.07) is 16.4. The number of rotatable bonds is 7. The van der Waals surface area contributed by atoms with E-state index in [1.54, 1.807) is 18.0 Å². The van der Waals surface area contributed by atoms with Crippen LogP contribution in [-0.4, -0.2) is 36.7 Å². The molecule has 1 aliphatic heterocycles. The van der Waals surface area contributed by atoms with Crippen LogP contribution in [0.3, 0.4) is 0 Å². The van der Waals surface area contributed by atoms with Crippen LogP contribution < -0.4 is 5.32 Å². The van der Waals surface area contributed by atoms with E-state index < -0.39 is 15.8 Å². The largest absolute Gasteiger partial charge is 0.326 e. The zero-order valence-corrected chi connectivity index (χ0v) is 19.5. The summed E-state index contributed by atoms with van der Waals surface area (Å²) in [5, 5.41) is 2.94. The third-order valence-electron chi connectivity index (χ3n) is 5.53. The molecule has 1 fully saturated rings. The van der Waals surface area contributed by atoms with Crippen molar-refractivity contribution in [2.75, 3.05) is 18.4 Å². The number of halogens is 1. The van der Waals surface area contributed by atoms with Crippen molar-refractivity contribution in [3.05, 3.63) is 84.4 Å². The second-order valence-electron chi connectivity index (χ2n) is 7.80. The van der Waals surface area contributed by atoms with Gasteiger partial charge in [0.15, 0.2) is 0 Å². The molecular formula is C24H24FN3O3S2. The minimum Gasteiger partial charge on any atom is -0.326 e. The minimum absolute atomic E-state index is 0.0632. The topological polar surface area (TPSA) is 79.4 Å². The summed E-state index contributed by atoms with van der Waals surface area (Å²) in [4.78, 5) is 18.0. The van der Waals surface area contributed by atoms with Crippen molar-refractivity contribution in [1.82, 2.24) is 9.29 Å². The lowest BCUT2D eigenvalue weighted by atomic mass is 9.97. The Hall–Kier alpha value is -2.75. The van der Waals surface area contributed by atoms with Gasteiger partial charge >= 0.3 is 0 Å². The smallest absolute Gasteiger partial charge is 0.243 e. The molecule has 9 heteroatoms. The molecular weight excluding hydrogens is 461 g/mol. The van der Waals surface area contributed by atoms with Crippen LogP contribution in [0.1, 0.15) is 18.4 Å². The monoisotopic (exact) mass is 485 g/mol. The van der Waals surface area contributed by atoms with Crippen LogP contribution in [0.25, 0.3) is 0 Å². The number of benzene rings is 2. The maximum absolute atomic E-state index is 13.1. The summed E-state index contributed by atoms with van der Waals surface area (Å²) in [7, 11) is -3.69. The van der Waals surface area contributed by atoms with Gasteiger partial charge in [-0.2, -0.15) is 4.31 Å². The Morgan fingerprint density at radius 1 is 1.06 bits per heavy atom. The summed E-state index contributed by atoms with van der Waals surface area (Å²) >= 11 is 1.69. The lowest BCUT2D eigenvalue weighted by Gasteiger charge is -2.30. The molecule has 172 valence electrons. The molecule has 1 N–H and O–H groups in total. The molecule has 6 nitrogen and oxygen atoms in total. The number of hydrogen-bond donors (Lipinski definition) is 1. The van der Waals surface area contributed by atoms with Crippen molar-refractivity contribution in [2.24, 2.45) is 5.92 Å². The Labute approximate surface area is 197 Å². The maximum atomic E-state index is 13.1. The molecule has 33 heavy (non-hydrogen) atoms. The number of aromatic nitrogens is 1. The highest BCUT2D eigenvalue weighted by Gasteiger charge is 2.32. The van der Waals surface area contributed by atoms with Gasteiger partial charge in [0.25, 0.3) is 0 Å². The first-order valence-electron chi connectivity index (χ1n) is 10.6. The van der Waals surface area contributed by atoms with Crippen LogP contribution in [0.4, 0.5) is 10.1 Å². The second kappa shape index (κ2) is 10.5. The molecule has 4 rings (SSSR count). The highest BCUT2D eigenvalue weighted by molar-refractivity contribution is 7.98. The molecule has 1 aromatic heterocycles. The number of piperidine rings is 1. The first-order valence-corrected chi connectivity index (χ1v) is 13.0. The van der Waals surface area contributed by atoms with E-state index in [2.05, 4.69) is 10.3 Å². The standard InChI is InChI=1S/C24H24FN3O3S2/c25-20-3-9-23(10-4-20)33(30,31)28-14-11-19(12-15-28)24(29)27-21-5-7-22(8-6-21)32-17-18-2-1-13-26-16-18/h1-10,13,16,19H,11-12,14-15,17H2,(H,27,29). The van der Waals surface area contributed by atoms with Gasteiger partial charge in [0, 0.05) is 47.7 Å². The number of carbonyl (C=O) groups excluding carboxylic acids is 1. The lowest BCUT2D eigenvalue weighted by molar-refractivity contribution is -0.120. The van der Waals surface area contributed by atoms with Crippen LogP contribution in [0.2, 0.25) is 0 Å². The number of thioether (sulfide) groups is 1. The van der Waals surface area contributed by atoms with Gasteiger partial charge in [-0.15, -0.1) is 11.8 Å². The zero-order chi connectivity index (χ0) is 23.3. The lowest BCUT2D eigenvalue weighted by Crippen LogP contribution is -2.41. The fourth-order valence-corrected chi connectivity index (χ4v) is 5.95. The van der Waals surface area contributed by atoms with E-state index in [0.29, 0.717) is 18.5 Å². The number of hydrogen-bond acceptors (Lipinski definition) is 5. The molecule has 0 unspecified atom stereocenters. The third kappa shape index (κ3) is 5.98. The number of anilines is 1. The highest BCUT2D eigenvalue weighted by Crippen LogP contribution is 2.27. The minimum atomic E-state index is -3.69. The maximum Gasteiger partial charge on any atom is 0.243 e. The average Bonchev–Trinajstić information content (AvgIpc) is 2.84. The third-order valence-corrected chi connectivity index (χ3v) is 8.52. The van der Waals surface area contributed by atoms with Gasteiger partial charge in [0.05, 0.1) is 4.90 Å². The Morgan fingerprint density at radius 3 is 2.39 bits per heavy atom. The number of pyridine rings is 1. The van der Waals surface area contributed by atoms with Crippen molar-refractivity contribution in [2.45, 2.75) is 28.4 Å². The van der Waals surface area contributed by atoms with Gasteiger partial charge in [-0.05, 0) is 73.0 Å². The quantitative estimate of drug-likeness (QED) is 0.497. The normalized spacial score (nSPS) is 15.3. The van der Waals surface area contributed by atoms with Gasteiger partial charge in [-0.3, -0.25) is 9.78 Å². The molecule has 0 saturated carbocycles. The van der Waals surface area contributed by atoms with E-state index in [-0.39, 0.29) is 29.8 Å². The van der Waals surface area contributed by atoms with E-state index in [1.807, 2.05) is 42.6 Å². The molecule has 1 saturated heterocycles. The molecule has 2 aromatic carbocycles. The van der Waals surface area contributed by atoms with Gasteiger partial charge in [-0.25, -0.2) is 12.8 Å². The molecule has 3 aromatic rings. The summed E-state index contributed by atoms with van der Waals surface area (Å²) in [6.45, 7) is 0.503. The number of nitrogens with one attached hydrogen (secondary N) is 1. The highest BCUT2D eigenvalue weighted by atomic mass is 32.2. The fourth-order valence-electron chi connectivity index (χ4n) is 3.64. The van der Waals surface area contributed by atoms with Crippen LogP contribution >= 0.6 is 11.8 Å². The molecule has 1 aliphatic rings. The predicted octanol–water partition coefficient (Wildman–Crippen LogP) is 4.55. The van der Waals surface area contributed by atoms with Gasteiger partial charge in [0.2, 0.25) is 15.9 Å². The van der Waals surface area contributed by atoms with Crippen molar-refractivity contribution in [3.8, 4) is 0 Å². The number of sulfonamides is 1. The molecule has 0 bridgehead atoms. The Morgan fingerprint density at radius 2 is 1.76 bits per heavy atom. The molecule has 2 heterocycles. The van der Waals surface area contributed by atoms with Crippen LogP contribution in [-0.2, 0) is 20.6 Å². The fraction of sp³-hybridized carbons (Fsp3) is 0.250. The second-order valence-corrected chi connectivity index (χ2v) is 10.8. The van der Waals surface area contributed by atoms with Crippen molar-refractivity contribution in [1.29, 1.82) is 0 Å². The molecule has 0 radical (unpaired) electrons. The molecule has 0 aliphatic carbocycles. The number of carbonyl (C=O) groups is 1. The van der Waals surface area contributed by atoms with E-state index in [1.165, 1.54) is 16.4 Å². The first kappa shape index (κ1) is 23.4. The Bertz CT molecular complexity index is 1180. The van der Waals surface area contributed by atoms with Crippen molar-refractivity contribution < 1.29 is 17.6 Å². The molecule has 0 spiro atoms. The van der Waals surface area contributed by atoms with E-state index in [9.17, 15) is 17.6 Å². The van der Waals surface area contributed by atoms with Gasteiger partial charge < -0.3 is 5.32 Å². The van der Waals surface area contributed by atoms with E-state index >= 15 is 0 Å². The number of nitrogens with zero attached hydrogens (tertiary/aromatic N) is 2. The van der Waals surface area contributed by atoms with Crippen LogP contribution in [0.5, 0.6) is 0 Å². The SMILES string of the molecule is O=C(Nc1ccc(SCc2cccnc2)cc1)C1CCN(S(=O)(=O)c2ccc(F)cc2)CC1. The number of amides is 1. The van der Waals surface area contributed by atoms with Gasteiger partial charge in [-0.1, -0.05) is 6.07 Å². The summed E-state index contributed by atoms with van der Waals surface area (Å²) in [5.74, 6) is -0.0304. The van der Waals surface area contributed by atoms with Crippen LogP contribution in [0, 0.1) is 11.7 Å². The van der Waals surface area contributed by atoms with Crippen LogP contribution in [0.15, 0.2) is 82.8 Å². The van der Waals surface area contributed by atoms with Gasteiger partial charge in [0.1, 0.15) is 5.82 Å². The van der Waals surface area contributed by atoms with Crippen molar-refractivity contribution >= 4 is 33.4 Å². The summed E-state index contributed by atoms with van der Waals surface area (Å²) in [6.07, 6.45) is 4.47. The molecule has 0 atom stereocenters. The Kier molecular flexibility index (Phi) is 7.42. The zero-order valence-electron chi connectivity index (χ0n) is 17.9. The Balaban J connectivity index is 1.28. The van der Waals surface area contributed by atoms with Crippen molar-refractivity contribution in [3.63, 3.8) is 0 Å². The first-order chi connectivity index (χ1) is 15.9. The average molecular weight is 486 g/mol. The summed E-state index contributed by atoms with van der Waals surface area (Å²) < 4.78 is 39.9. The predicted molar refractivity (Wildman–Crippen MR) is 127 cm³/mol.